The molecule has 1 aromatic carbocycles. The first-order chi connectivity index (χ1) is 7.35. The van der Waals surface area contributed by atoms with Gasteiger partial charge in [0.25, 0.3) is 5.82 Å². The number of aromatic nitrogens is 3. The van der Waals surface area contributed by atoms with E-state index in [0.717, 1.165) is 11.3 Å². The van der Waals surface area contributed by atoms with Gasteiger partial charge in [0.2, 0.25) is 0 Å². The molecule has 0 atom stereocenters. The van der Waals surface area contributed by atoms with Crippen molar-refractivity contribution in [1.29, 1.82) is 5.26 Å². The fourth-order valence-electron chi connectivity index (χ4n) is 1.34. The van der Waals surface area contributed by atoms with Gasteiger partial charge >= 0.3 is 0 Å². The molecule has 74 valence electrons. The van der Waals surface area contributed by atoms with E-state index in [0.29, 0.717) is 6.54 Å². The third kappa shape index (κ3) is 1.71. The van der Waals surface area contributed by atoms with Crippen LogP contribution in [0.3, 0.4) is 0 Å². The summed E-state index contributed by atoms with van der Waals surface area (Å²) in [6, 6.07) is 9.49. The molecule has 0 unspecified atom stereocenters. The van der Waals surface area contributed by atoms with Crippen LogP contribution in [0.5, 0.6) is 0 Å². The zero-order chi connectivity index (χ0) is 10.7. The summed E-state index contributed by atoms with van der Waals surface area (Å²) in [5.41, 5.74) is 7.42. The van der Waals surface area contributed by atoms with Crippen LogP contribution in [0.15, 0.2) is 30.6 Å². The van der Waals surface area contributed by atoms with Crippen LogP contribution in [0.4, 0.5) is 0 Å². The molecular weight excluding hydrogens is 190 g/mol. The molecule has 2 rings (SSSR count). The molecule has 5 nitrogen and oxygen atoms in total. The van der Waals surface area contributed by atoms with E-state index in [1.807, 2.05) is 30.3 Å². The quantitative estimate of drug-likeness (QED) is 0.767. The average Bonchev–Trinajstić information content (AvgIpc) is 2.77. The summed E-state index contributed by atoms with van der Waals surface area (Å²) in [5, 5.41) is 12.6. The van der Waals surface area contributed by atoms with Gasteiger partial charge < -0.3 is 5.73 Å². The maximum absolute atomic E-state index is 8.61. The molecule has 1 aromatic heterocycles. The maximum Gasteiger partial charge on any atom is 0.252 e. The minimum Gasteiger partial charge on any atom is -0.326 e. The summed E-state index contributed by atoms with van der Waals surface area (Å²) >= 11 is 0. The van der Waals surface area contributed by atoms with Crippen LogP contribution < -0.4 is 5.73 Å². The Kier molecular flexibility index (Phi) is 2.44. The van der Waals surface area contributed by atoms with E-state index in [1.165, 1.54) is 6.33 Å². The Bertz CT molecular complexity index is 509. The lowest BCUT2D eigenvalue weighted by Crippen LogP contribution is -2.04. The van der Waals surface area contributed by atoms with Crippen LogP contribution in [-0.4, -0.2) is 14.8 Å². The van der Waals surface area contributed by atoms with Gasteiger partial charge in [0.05, 0.1) is 5.69 Å². The first kappa shape index (κ1) is 9.37. The predicted molar refractivity (Wildman–Crippen MR) is 54.0 cm³/mol. The van der Waals surface area contributed by atoms with Crippen molar-refractivity contribution in [2.75, 3.05) is 0 Å². The fraction of sp³-hybridized carbons (Fsp3) is 0.100. The minimum atomic E-state index is 0.154. The summed E-state index contributed by atoms with van der Waals surface area (Å²) in [6.45, 7) is 0.428. The Morgan fingerprint density at radius 3 is 2.87 bits per heavy atom. The largest absolute Gasteiger partial charge is 0.326 e. The highest BCUT2D eigenvalue weighted by atomic mass is 15.3. The molecular formula is C10H9N5. The highest BCUT2D eigenvalue weighted by Crippen LogP contribution is 2.12. The number of nitriles is 1. The first-order valence-corrected chi connectivity index (χ1v) is 4.45. The molecule has 2 aromatic rings. The maximum atomic E-state index is 8.61. The van der Waals surface area contributed by atoms with Gasteiger partial charge in [-0.1, -0.05) is 18.2 Å². The molecule has 0 amide bonds. The first-order valence-electron chi connectivity index (χ1n) is 4.45. The molecule has 0 aliphatic heterocycles. The van der Waals surface area contributed by atoms with Gasteiger partial charge in [0, 0.05) is 6.54 Å². The van der Waals surface area contributed by atoms with Gasteiger partial charge in [-0.2, -0.15) is 5.26 Å². The van der Waals surface area contributed by atoms with E-state index in [2.05, 4.69) is 10.1 Å². The number of para-hydroxylation sites is 1. The van der Waals surface area contributed by atoms with Gasteiger partial charge in [0.15, 0.2) is 0 Å². The summed E-state index contributed by atoms with van der Waals surface area (Å²) < 4.78 is 1.56. The Morgan fingerprint density at radius 2 is 2.20 bits per heavy atom. The second-order valence-electron chi connectivity index (χ2n) is 2.96. The molecule has 0 radical (unpaired) electrons. The van der Waals surface area contributed by atoms with Crippen molar-refractivity contribution >= 4 is 0 Å². The van der Waals surface area contributed by atoms with E-state index in [9.17, 15) is 0 Å². The number of benzene rings is 1. The van der Waals surface area contributed by atoms with Gasteiger partial charge in [-0.3, -0.25) is 0 Å². The lowest BCUT2D eigenvalue weighted by Gasteiger charge is -2.05. The standard InChI is InChI=1S/C10H9N5/c11-5-8-3-1-2-4-9(8)15-7-13-10(6-12)14-15/h1-4,7H,5,11H2. The van der Waals surface area contributed by atoms with Crippen molar-refractivity contribution < 1.29 is 0 Å². The number of hydrogen-bond donors (Lipinski definition) is 1. The van der Waals surface area contributed by atoms with Gasteiger partial charge in [-0.05, 0) is 11.6 Å². The van der Waals surface area contributed by atoms with Crippen LogP contribution in [0.2, 0.25) is 0 Å². The number of nitrogens with zero attached hydrogens (tertiary/aromatic N) is 4. The van der Waals surface area contributed by atoms with Crippen molar-refractivity contribution in [2.24, 2.45) is 5.73 Å². The molecule has 5 heteroatoms. The van der Waals surface area contributed by atoms with Crippen molar-refractivity contribution in [3.63, 3.8) is 0 Å². The van der Waals surface area contributed by atoms with E-state index in [4.69, 9.17) is 11.0 Å². The summed E-state index contributed by atoms with van der Waals surface area (Å²) in [4.78, 5) is 3.84. The third-order valence-corrected chi connectivity index (χ3v) is 2.05. The number of rotatable bonds is 2. The van der Waals surface area contributed by atoms with Crippen LogP contribution in [0, 0.1) is 11.3 Å². The SMILES string of the molecule is N#Cc1ncn(-c2ccccc2CN)n1. The minimum absolute atomic E-state index is 0.154. The Labute approximate surface area is 86.8 Å². The fourth-order valence-corrected chi connectivity index (χ4v) is 1.34. The van der Waals surface area contributed by atoms with Crippen LogP contribution in [0.1, 0.15) is 11.4 Å². The van der Waals surface area contributed by atoms with Crippen molar-refractivity contribution in [3.8, 4) is 11.8 Å². The van der Waals surface area contributed by atoms with Crippen molar-refractivity contribution in [1.82, 2.24) is 14.8 Å². The molecule has 0 fully saturated rings. The zero-order valence-electron chi connectivity index (χ0n) is 7.96. The Balaban J connectivity index is 2.49. The topological polar surface area (TPSA) is 80.5 Å². The normalized spacial score (nSPS) is 9.87. The summed E-state index contributed by atoms with van der Waals surface area (Å²) in [7, 11) is 0. The smallest absolute Gasteiger partial charge is 0.252 e. The molecule has 2 N–H and O–H groups in total. The molecule has 1 heterocycles. The second kappa shape index (κ2) is 3.90. The van der Waals surface area contributed by atoms with E-state index < -0.39 is 0 Å². The predicted octanol–water partition coefficient (Wildman–Crippen LogP) is 0.598. The van der Waals surface area contributed by atoms with Crippen molar-refractivity contribution in [3.05, 3.63) is 42.0 Å². The average molecular weight is 199 g/mol. The van der Waals surface area contributed by atoms with Crippen LogP contribution >= 0.6 is 0 Å². The molecule has 0 saturated carbocycles. The van der Waals surface area contributed by atoms with Crippen molar-refractivity contribution in [2.45, 2.75) is 6.54 Å². The van der Waals surface area contributed by atoms with E-state index >= 15 is 0 Å². The molecule has 0 saturated heterocycles. The number of hydrogen-bond acceptors (Lipinski definition) is 4. The molecule has 0 aliphatic rings. The lowest BCUT2D eigenvalue weighted by atomic mass is 10.2. The molecule has 15 heavy (non-hydrogen) atoms. The van der Waals surface area contributed by atoms with Crippen LogP contribution in [0.25, 0.3) is 5.69 Å². The Hall–Kier alpha value is -2.19. The second-order valence-corrected chi connectivity index (χ2v) is 2.96. The van der Waals surface area contributed by atoms with Gasteiger partial charge in [-0.15, -0.1) is 5.10 Å². The highest BCUT2D eigenvalue weighted by Gasteiger charge is 2.04. The zero-order valence-corrected chi connectivity index (χ0v) is 7.96. The van der Waals surface area contributed by atoms with E-state index in [-0.39, 0.29) is 5.82 Å². The molecule has 0 bridgehead atoms. The molecule has 0 spiro atoms. The monoisotopic (exact) mass is 199 g/mol. The van der Waals surface area contributed by atoms with E-state index in [1.54, 1.807) is 4.68 Å². The summed E-state index contributed by atoms with van der Waals surface area (Å²) in [5.74, 6) is 0.154. The summed E-state index contributed by atoms with van der Waals surface area (Å²) in [6.07, 6.45) is 1.51. The number of nitrogens with two attached hydrogens (primary N) is 1. The Morgan fingerprint density at radius 1 is 1.40 bits per heavy atom. The third-order valence-electron chi connectivity index (χ3n) is 2.05. The van der Waals surface area contributed by atoms with Crippen LogP contribution in [-0.2, 0) is 6.54 Å². The van der Waals surface area contributed by atoms with Gasteiger partial charge in [0.1, 0.15) is 12.4 Å². The highest BCUT2D eigenvalue weighted by molar-refractivity contribution is 5.39. The van der Waals surface area contributed by atoms with Gasteiger partial charge in [-0.25, -0.2) is 9.67 Å². The lowest BCUT2D eigenvalue weighted by molar-refractivity contribution is 0.852. The molecule has 0 aliphatic carbocycles.